The van der Waals surface area contributed by atoms with Gasteiger partial charge in [-0.3, -0.25) is 5.32 Å². The fourth-order valence-corrected chi connectivity index (χ4v) is 4.21. The van der Waals surface area contributed by atoms with Crippen molar-refractivity contribution in [2.45, 2.75) is 16.4 Å². The third kappa shape index (κ3) is 3.94. The largest absolute Gasteiger partial charge is 0.497 e. The second-order valence-electron chi connectivity index (χ2n) is 5.36. The van der Waals surface area contributed by atoms with Gasteiger partial charge in [-0.05, 0) is 57.9 Å². The predicted molar refractivity (Wildman–Crippen MR) is 103 cm³/mol. The maximum absolute atomic E-state index is 5.60. The number of aliphatic imine (C=N–C) groups is 1. The first-order valence-electron chi connectivity index (χ1n) is 7.61. The van der Waals surface area contributed by atoms with E-state index < -0.39 is 3.90 Å². The van der Waals surface area contributed by atoms with Crippen LogP contribution in [0, 0.1) is 0 Å². The van der Waals surface area contributed by atoms with E-state index in [4.69, 9.17) is 14.1 Å². The van der Waals surface area contributed by atoms with Gasteiger partial charge in [0.1, 0.15) is 11.5 Å². The molecule has 0 amide bonds. The van der Waals surface area contributed by atoms with Crippen LogP contribution >= 0.6 is 27.7 Å². The Labute approximate surface area is 154 Å². The zero-order chi connectivity index (χ0) is 17.0. The molecule has 0 radical (unpaired) electrons. The molecule has 0 spiro atoms. The number of ether oxygens (including phenoxy) is 1. The summed E-state index contributed by atoms with van der Waals surface area (Å²) in [6.07, 6.45) is 4.32. The molecule has 1 aromatic heterocycles. The quantitative estimate of drug-likeness (QED) is 0.427. The summed E-state index contributed by atoms with van der Waals surface area (Å²) in [5.74, 6) is 2.52. The molecule has 1 aromatic carbocycles. The van der Waals surface area contributed by atoms with Crippen molar-refractivity contribution in [1.29, 1.82) is 0 Å². The monoisotopic (exact) mass is 406 g/mol. The molecular weight excluding hydrogens is 388 g/mol. The summed E-state index contributed by atoms with van der Waals surface area (Å²) in [6.45, 7) is 3.79. The van der Waals surface area contributed by atoms with Gasteiger partial charge in [0.2, 0.25) is 3.90 Å². The molecule has 0 aliphatic carbocycles. The number of alkyl halides is 1. The van der Waals surface area contributed by atoms with E-state index in [9.17, 15) is 0 Å². The molecule has 3 rings (SSSR count). The Morgan fingerprint density at radius 3 is 2.88 bits per heavy atom. The van der Waals surface area contributed by atoms with Gasteiger partial charge in [-0.15, -0.1) is 18.3 Å². The molecular formula is C18H19BrN2O2S. The lowest BCUT2D eigenvalue weighted by Crippen LogP contribution is -2.43. The van der Waals surface area contributed by atoms with Crippen LogP contribution in [0.2, 0.25) is 0 Å². The van der Waals surface area contributed by atoms with Crippen LogP contribution in [-0.2, 0) is 0 Å². The number of thioether (sulfide) groups is 1. The van der Waals surface area contributed by atoms with Gasteiger partial charge in [0.25, 0.3) is 0 Å². The highest BCUT2D eigenvalue weighted by Crippen LogP contribution is 2.39. The number of rotatable bonds is 6. The molecule has 0 saturated heterocycles. The highest BCUT2D eigenvalue weighted by molar-refractivity contribution is 9.11. The van der Waals surface area contributed by atoms with Crippen LogP contribution in [0.3, 0.4) is 0 Å². The minimum atomic E-state index is -0.605. The van der Waals surface area contributed by atoms with Crippen molar-refractivity contribution in [3.63, 3.8) is 0 Å². The van der Waals surface area contributed by atoms with Crippen LogP contribution in [-0.4, -0.2) is 22.5 Å². The molecule has 2 heterocycles. The van der Waals surface area contributed by atoms with Crippen molar-refractivity contribution in [1.82, 2.24) is 5.32 Å². The van der Waals surface area contributed by atoms with Crippen LogP contribution in [0.25, 0.3) is 0 Å². The predicted octanol–water partition coefficient (Wildman–Crippen LogP) is 4.74. The van der Waals surface area contributed by atoms with Gasteiger partial charge < -0.3 is 9.15 Å². The number of hydrogen-bond acceptors (Lipinski definition) is 5. The molecule has 1 aliphatic heterocycles. The molecule has 1 aliphatic rings. The molecule has 0 saturated carbocycles. The lowest BCUT2D eigenvalue weighted by atomic mass is 10.00. The van der Waals surface area contributed by atoms with Crippen molar-refractivity contribution in [3.05, 3.63) is 66.6 Å². The Balaban J connectivity index is 1.93. The van der Waals surface area contributed by atoms with Crippen LogP contribution in [0.1, 0.15) is 23.8 Å². The van der Waals surface area contributed by atoms with E-state index >= 15 is 0 Å². The first kappa shape index (κ1) is 17.3. The first-order chi connectivity index (χ1) is 11.6. The number of hydrogen-bond donors (Lipinski definition) is 1. The Bertz CT molecular complexity index is 715. The standard InChI is InChI=1S/C18H19BrN2O2S/c1-3-11-24-18(19)20-15(13-6-8-14(22-2)9-7-13)12-16(21-18)17-5-4-10-23-17/h3-10,16,21H,1,11-12H2,2H3/t16-,18-/m0/s1. The Hall–Kier alpha value is -1.50. The SMILES string of the molecule is C=CCS[C@@]1(Br)N=C(c2ccc(OC)cc2)C[C@@H](c2ccco2)N1. The second kappa shape index (κ2) is 7.59. The average Bonchev–Trinajstić information content (AvgIpc) is 3.14. The van der Waals surface area contributed by atoms with Gasteiger partial charge >= 0.3 is 0 Å². The van der Waals surface area contributed by atoms with Crippen molar-refractivity contribution >= 4 is 33.4 Å². The van der Waals surface area contributed by atoms with Crippen molar-refractivity contribution in [2.24, 2.45) is 4.99 Å². The summed E-state index contributed by atoms with van der Waals surface area (Å²) in [5.41, 5.74) is 2.10. The van der Waals surface area contributed by atoms with Gasteiger partial charge in [-0.1, -0.05) is 6.08 Å². The van der Waals surface area contributed by atoms with Gasteiger partial charge in [0.15, 0.2) is 0 Å². The van der Waals surface area contributed by atoms with Crippen LogP contribution in [0.4, 0.5) is 0 Å². The van der Waals surface area contributed by atoms with Crippen LogP contribution < -0.4 is 10.1 Å². The Morgan fingerprint density at radius 1 is 1.46 bits per heavy atom. The lowest BCUT2D eigenvalue weighted by Gasteiger charge is -2.34. The van der Waals surface area contributed by atoms with Gasteiger partial charge in [0, 0.05) is 17.9 Å². The highest BCUT2D eigenvalue weighted by Gasteiger charge is 2.36. The third-order valence-corrected chi connectivity index (χ3v) is 5.82. The highest BCUT2D eigenvalue weighted by atomic mass is 79.9. The topological polar surface area (TPSA) is 46.8 Å². The van der Waals surface area contributed by atoms with E-state index in [0.29, 0.717) is 0 Å². The molecule has 24 heavy (non-hydrogen) atoms. The minimum absolute atomic E-state index is 0.0475. The summed E-state index contributed by atoms with van der Waals surface area (Å²) >= 11 is 5.38. The molecule has 1 N–H and O–H groups in total. The van der Waals surface area contributed by atoms with Crippen molar-refractivity contribution in [3.8, 4) is 5.75 Å². The summed E-state index contributed by atoms with van der Waals surface area (Å²) < 4.78 is 10.2. The molecule has 0 fully saturated rings. The number of nitrogens with zero attached hydrogens (tertiary/aromatic N) is 1. The number of benzene rings is 1. The van der Waals surface area contributed by atoms with Gasteiger partial charge in [-0.2, -0.15) is 0 Å². The lowest BCUT2D eigenvalue weighted by molar-refractivity contribution is 0.397. The fourth-order valence-electron chi connectivity index (χ4n) is 2.58. The Kier molecular flexibility index (Phi) is 5.48. The van der Waals surface area contributed by atoms with E-state index in [-0.39, 0.29) is 6.04 Å². The zero-order valence-electron chi connectivity index (χ0n) is 13.4. The fraction of sp³-hybridized carbons (Fsp3) is 0.278. The zero-order valence-corrected chi connectivity index (χ0v) is 15.8. The number of furan rings is 1. The summed E-state index contributed by atoms with van der Waals surface area (Å²) in [7, 11) is 1.67. The molecule has 126 valence electrons. The number of halogens is 1. The summed E-state index contributed by atoms with van der Waals surface area (Å²) in [5, 5.41) is 3.52. The third-order valence-electron chi connectivity index (χ3n) is 3.73. The van der Waals surface area contributed by atoms with E-state index in [1.807, 2.05) is 42.5 Å². The number of nitrogens with one attached hydrogen (secondary N) is 1. The molecule has 0 unspecified atom stereocenters. The first-order valence-corrected chi connectivity index (χ1v) is 9.39. The molecule has 0 bridgehead atoms. The van der Waals surface area contributed by atoms with Gasteiger partial charge in [-0.25, -0.2) is 4.99 Å². The average molecular weight is 407 g/mol. The minimum Gasteiger partial charge on any atom is -0.497 e. The van der Waals surface area contributed by atoms with E-state index in [2.05, 4.69) is 27.8 Å². The van der Waals surface area contributed by atoms with Crippen molar-refractivity contribution < 1.29 is 9.15 Å². The number of methoxy groups -OCH3 is 1. The van der Waals surface area contributed by atoms with Gasteiger partial charge in [0.05, 0.1) is 19.4 Å². The summed E-state index contributed by atoms with van der Waals surface area (Å²) in [4.78, 5) is 4.89. The van der Waals surface area contributed by atoms with Crippen LogP contribution in [0.15, 0.2) is 64.7 Å². The molecule has 6 heteroatoms. The summed E-state index contributed by atoms with van der Waals surface area (Å²) in [6, 6.07) is 11.9. The van der Waals surface area contributed by atoms with E-state index in [1.54, 1.807) is 25.1 Å². The molecule has 2 aromatic rings. The molecule has 2 atom stereocenters. The maximum Gasteiger partial charge on any atom is 0.215 e. The second-order valence-corrected chi connectivity index (χ2v) is 8.25. The van der Waals surface area contributed by atoms with E-state index in [1.165, 1.54) is 0 Å². The van der Waals surface area contributed by atoms with Crippen LogP contribution in [0.5, 0.6) is 5.75 Å². The van der Waals surface area contributed by atoms with E-state index in [0.717, 1.165) is 35.0 Å². The Morgan fingerprint density at radius 2 is 2.25 bits per heavy atom. The normalized spacial score (nSPS) is 23.6. The smallest absolute Gasteiger partial charge is 0.215 e. The molecule has 4 nitrogen and oxygen atoms in total. The van der Waals surface area contributed by atoms with Crippen molar-refractivity contribution in [2.75, 3.05) is 12.9 Å². The maximum atomic E-state index is 5.60.